The van der Waals surface area contributed by atoms with Gasteiger partial charge < -0.3 is 10.2 Å². The topological polar surface area (TPSA) is 49.4 Å². The van der Waals surface area contributed by atoms with Crippen LogP contribution in [0.5, 0.6) is 0 Å². The van der Waals surface area contributed by atoms with E-state index in [0.29, 0.717) is 18.5 Å². The molecule has 1 fully saturated rings. The van der Waals surface area contributed by atoms with Crippen molar-refractivity contribution >= 4 is 11.8 Å². The number of nitrogens with zero attached hydrogens (tertiary/aromatic N) is 1. The van der Waals surface area contributed by atoms with Crippen LogP contribution in [-0.2, 0) is 4.79 Å². The molecule has 0 bridgehead atoms. The molecular formula is C18H26N2O2. The largest absolute Gasteiger partial charge is 0.352 e. The zero-order chi connectivity index (χ0) is 15.9. The van der Waals surface area contributed by atoms with Crippen molar-refractivity contribution in [3.05, 3.63) is 34.9 Å². The van der Waals surface area contributed by atoms with Gasteiger partial charge in [-0.15, -0.1) is 0 Å². The molecule has 1 aliphatic rings. The number of likely N-dealkylation sites (tertiary alicyclic amines) is 1. The zero-order valence-electron chi connectivity index (χ0n) is 13.7. The number of rotatable bonds is 5. The highest BCUT2D eigenvalue weighted by Gasteiger charge is 2.15. The lowest BCUT2D eigenvalue weighted by atomic mass is 10.1. The Morgan fingerprint density at radius 2 is 2.00 bits per heavy atom. The fraction of sp³-hybridized carbons (Fsp3) is 0.556. The second-order valence-corrected chi connectivity index (χ2v) is 6.10. The highest BCUT2D eigenvalue weighted by Crippen LogP contribution is 2.11. The van der Waals surface area contributed by atoms with E-state index in [9.17, 15) is 9.59 Å². The highest BCUT2D eigenvalue weighted by atomic mass is 16.2. The summed E-state index contributed by atoms with van der Waals surface area (Å²) in [6.45, 7) is 6.26. The molecule has 0 aliphatic carbocycles. The smallest absolute Gasteiger partial charge is 0.251 e. The van der Waals surface area contributed by atoms with Gasteiger partial charge in [0.2, 0.25) is 5.91 Å². The number of benzene rings is 1. The lowest BCUT2D eigenvalue weighted by Crippen LogP contribution is -2.34. The lowest BCUT2D eigenvalue weighted by Gasteiger charge is -2.20. The summed E-state index contributed by atoms with van der Waals surface area (Å²) in [4.78, 5) is 25.9. The third-order valence-electron chi connectivity index (χ3n) is 4.33. The van der Waals surface area contributed by atoms with E-state index < -0.39 is 0 Å². The van der Waals surface area contributed by atoms with Crippen molar-refractivity contribution in [2.75, 3.05) is 19.6 Å². The van der Waals surface area contributed by atoms with Crippen molar-refractivity contribution in [1.82, 2.24) is 10.2 Å². The Morgan fingerprint density at radius 3 is 2.77 bits per heavy atom. The maximum absolute atomic E-state index is 12.1. The Balaban J connectivity index is 1.74. The van der Waals surface area contributed by atoms with Gasteiger partial charge in [-0.05, 0) is 56.4 Å². The van der Waals surface area contributed by atoms with E-state index in [4.69, 9.17) is 0 Å². The van der Waals surface area contributed by atoms with Crippen LogP contribution in [0.2, 0.25) is 0 Å². The molecule has 1 heterocycles. The number of carbonyl (C=O) groups excluding carboxylic acids is 2. The molecule has 0 unspecified atom stereocenters. The molecule has 2 rings (SSSR count). The minimum atomic E-state index is -0.0368. The van der Waals surface area contributed by atoms with Crippen LogP contribution in [0.25, 0.3) is 0 Å². The van der Waals surface area contributed by atoms with Gasteiger partial charge in [0.1, 0.15) is 0 Å². The first-order chi connectivity index (χ1) is 10.6. The fourth-order valence-electron chi connectivity index (χ4n) is 2.73. The summed E-state index contributed by atoms with van der Waals surface area (Å²) in [5.74, 6) is 0.225. The molecule has 1 aliphatic heterocycles. The summed E-state index contributed by atoms with van der Waals surface area (Å²) in [7, 11) is 0. The molecule has 4 nitrogen and oxygen atoms in total. The van der Waals surface area contributed by atoms with Crippen LogP contribution in [0, 0.1) is 13.8 Å². The molecule has 0 spiro atoms. The van der Waals surface area contributed by atoms with Gasteiger partial charge in [0.15, 0.2) is 0 Å². The first kappa shape index (κ1) is 16.5. The van der Waals surface area contributed by atoms with Gasteiger partial charge in [0.25, 0.3) is 5.91 Å². The number of hydrogen-bond donors (Lipinski definition) is 1. The van der Waals surface area contributed by atoms with E-state index >= 15 is 0 Å². The molecule has 120 valence electrons. The average molecular weight is 302 g/mol. The molecule has 0 saturated carbocycles. The van der Waals surface area contributed by atoms with Gasteiger partial charge in [0.05, 0.1) is 0 Å². The molecule has 1 aromatic carbocycles. The molecule has 1 N–H and O–H groups in total. The van der Waals surface area contributed by atoms with Gasteiger partial charge in [-0.25, -0.2) is 0 Å². The van der Waals surface area contributed by atoms with E-state index in [0.717, 1.165) is 44.3 Å². The number of amides is 2. The first-order valence-corrected chi connectivity index (χ1v) is 8.21. The molecule has 0 radical (unpaired) electrons. The molecule has 1 aromatic rings. The average Bonchev–Trinajstić information content (AvgIpc) is 2.71. The van der Waals surface area contributed by atoms with E-state index in [1.54, 1.807) is 0 Å². The summed E-state index contributed by atoms with van der Waals surface area (Å²) in [6.07, 6.45) is 4.74. The molecule has 4 heteroatoms. The van der Waals surface area contributed by atoms with Crippen LogP contribution in [-0.4, -0.2) is 36.3 Å². The fourth-order valence-corrected chi connectivity index (χ4v) is 2.73. The number of carbonyl (C=O) groups is 2. The second kappa shape index (κ2) is 7.97. The second-order valence-electron chi connectivity index (χ2n) is 6.10. The van der Waals surface area contributed by atoms with E-state index in [2.05, 4.69) is 5.32 Å². The lowest BCUT2D eigenvalue weighted by molar-refractivity contribution is -0.130. The summed E-state index contributed by atoms with van der Waals surface area (Å²) in [5, 5.41) is 2.94. The van der Waals surface area contributed by atoms with Crippen LogP contribution in [0.1, 0.15) is 53.6 Å². The normalized spacial score (nSPS) is 15.5. The van der Waals surface area contributed by atoms with Crippen molar-refractivity contribution in [2.45, 2.75) is 46.0 Å². The van der Waals surface area contributed by atoms with Gasteiger partial charge in [-0.1, -0.05) is 12.5 Å². The van der Waals surface area contributed by atoms with Crippen LogP contribution < -0.4 is 5.32 Å². The van der Waals surface area contributed by atoms with Gasteiger partial charge in [-0.2, -0.15) is 0 Å². The molecular weight excluding hydrogens is 276 g/mol. The number of hydrogen-bond acceptors (Lipinski definition) is 2. The maximum Gasteiger partial charge on any atom is 0.251 e. The Kier molecular flexibility index (Phi) is 5.99. The molecule has 22 heavy (non-hydrogen) atoms. The van der Waals surface area contributed by atoms with Crippen molar-refractivity contribution in [1.29, 1.82) is 0 Å². The van der Waals surface area contributed by atoms with Crippen LogP contribution in [0.15, 0.2) is 18.2 Å². The Labute approximate surface area is 132 Å². The van der Waals surface area contributed by atoms with Crippen molar-refractivity contribution in [3.63, 3.8) is 0 Å². The highest BCUT2D eigenvalue weighted by molar-refractivity contribution is 5.94. The standard InChI is InChI=1S/C18H26N2O2/c1-14-8-9-16(13-15(14)2)18(22)19-10-6-12-20-11-5-3-4-7-17(20)21/h8-9,13H,3-7,10-12H2,1-2H3,(H,19,22). The van der Waals surface area contributed by atoms with Crippen molar-refractivity contribution in [3.8, 4) is 0 Å². The van der Waals surface area contributed by atoms with E-state index in [-0.39, 0.29) is 11.8 Å². The minimum Gasteiger partial charge on any atom is -0.352 e. The SMILES string of the molecule is Cc1ccc(C(=O)NCCCN2CCCCCC2=O)cc1C. The van der Waals surface area contributed by atoms with Crippen molar-refractivity contribution < 1.29 is 9.59 Å². The minimum absolute atomic E-state index is 0.0368. The number of nitrogens with one attached hydrogen (secondary N) is 1. The Hall–Kier alpha value is -1.84. The van der Waals surface area contributed by atoms with E-state index in [1.165, 1.54) is 5.56 Å². The zero-order valence-corrected chi connectivity index (χ0v) is 13.7. The predicted molar refractivity (Wildman–Crippen MR) is 87.9 cm³/mol. The predicted octanol–water partition coefficient (Wildman–Crippen LogP) is 2.83. The third-order valence-corrected chi connectivity index (χ3v) is 4.33. The van der Waals surface area contributed by atoms with Crippen LogP contribution >= 0.6 is 0 Å². The summed E-state index contributed by atoms with van der Waals surface area (Å²) in [6, 6.07) is 5.75. The molecule has 0 aromatic heterocycles. The van der Waals surface area contributed by atoms with Gasteiger partial charge in [-0.3, -0.25) is 9.59 Å². The quantitative estimate of drug-likeness (QED) is 0.850. The molecule has 1 saturated heterocycles. The summed E-state index contributed by atoms with van der Waals surface area (Å²) < 4.78 is 0. The van der Waals surface area contributed by atoms with Gasteiger partial charge in [0, 0.05) is 31.6 Å². The van der Waals surface area contributed by atoms with Gasteiger partial charge >= 0.3 is 0 Å². The molecule has 2 amide bonds. The number of aryl methyl sites for hydroxylation is 2. The summed E-state index contributed by atoms with van der Waals surface area (Å²) in [5.41, 5.74) is 3.02. The maximum atomic E-state index is 12.1. The Morgan fingerprint density at radius 1 is 1.18 bits per heavy atom. The summed E-state index contributed by atoms with van der Waals surface area (Å²) >= 11 is 0. The Bertz CT molecular complexity index is 540. The first-order valence-electron chi connectivity index (χ1n) is 8.21. The van der Waals surface area contributed by atoms with Crippen LogP contribution in [0.3, 0.4) is 0 Å². The van der Waals surface area contributed by atoms with E-state index in [1.807, 2.05) is 36.9 Å². The van der Waals surface area contributed by atoms with Crippen molar-refractivity contribution in [2.24, 2.45) is 0 Å². The van der Waals surface area contributed by atoms with Crippen LogP contribution in [0.4, 0.5) is 0 Å². The monoisotopic (exact) mass is 302 g/mol. The molecule has 0 atom stereocenters. The third kappa shape index (κ3) is 4.58.